The fourth-order valence-electron chi connectivity index (χ4n) is 2.58. The molecule has 1 saturated heterocycles. The van der Waals surface area contributed by atoms with Crippen LogP contribution in [0.15, 0.2) is 12.4 Å². The van der Waals surface area contributed by atoms with Gasteiger partial charge in [-0.05, 0) is 26.2 Å². The minimum Gasteiger partial charge on any atom is -0.382 e. The SMILES string of the molecule is Cc1cc(-n2nc(N3CCCCC3)c(C#N)c2N)ncn1. The van der Waals surface area contributed by atoms with E-state index in [1.54, 1.807) is 6.07 Å². The van der Waals surface area contributed by atoms with E-state index in [4.69, 9.17) is 5.73 Å². The second-order valence-corrected chi connectivity index (χ2v) is 5.17. The minimum atomic E-state index is 0.330. The number of rotatable bonds is 2. The predicted molar refractivity (Wildman–Crippen MR) is 79.1 cm³/mol. The van der Waals surface area contributed by atoms with Crippen LogP contribution in [0, 0.1) is 18.3 Å². The highest BCUT2D eigenvalue weighted by atomic mass is 15.4. The quantitative estimate of drug-likeness (QED) is 0.895. The molecular weight excluding hydrogens is 266 g/mol. The Bertz CT molecular complexity index is 692. The van der Waals surface area contributed by atoms with Gasteiger partial charge in [-0.15, -0.1) is 5.10 Å². The second-order valence-electron chi connectivity index (χ2n) is 5.17. The first kappa shape index (κ1) is 13.4. The van der Waals surface area contributed by atoms with Gasteiger partial charge in [-0.25, -0.2) is 9.97 Å². The van der Waals surface area contributed by atoms with E-state index in [0.29, 0.717) is 23.0 Å². The Morgan fingerprint density at radius 2 is 2.00 bits per heavy atom. The maximum atomic E-state index is 9.40. The normalized spacial score (nSPS) is 15.0. The maximum absolute atomic E-state index is 9.40. The van der Waals surface area contributed by atoms with Gasteiger partial charge in [0.15, 0.2) is 11.6 Å². The third-order valence-electron chi connectivity index (χ3n) is 3.68. The standard InChI is InChI=1S/C14H17N7/c1-10-7-12(18-9-17-10)21-13(16)11(8-15)14(19-21)20-5-3-2-4-6-20/h7,9H,2-6,16H2,1H3. The minimum absolute atomic E-state index is 0.330. The second kappa shape index (κ2) is 5.40. The molecule has 0 spiro atoms. The molecule has 3 heterocycles. The van der Waals surface area contributed by atoms with E-state index in [2.05, 4.69) is 26.0 Å². The molecular formula is C14H17N7. The van der Waals surface area contributed by atoms with Crippen molar-refractivity contribution in [3.8, 4) is 11.9 Å². The zero-order valence-corrected chi connectivity index (χ0v) is 12.0. The molecule has 2 N–H and O–H groups in total. The van der Waals surface area contributed by atoms with Crippen molar-refractivity contribution in [3.63, 3.8) is 0 Å². The molecule has 2 aromatic heterocycles. The monoisotopic (exact) mass is 283 g/mol. The Kier molecular flexibility index (Phi) is 3.44. The first-order valence-electron chi connectivity index (χ1n) is 7.03. The molecule has 0 aliphatic carbocycles. The molecule has 0 atom stereocenters. The summed E-state index contributed by atoms with van der Waals surface area (Å²) in [6, 6.07) is 3.97. The molecule has 108 valence electrons. The summed E-state index contributed by atoms with van der Waals surface area (Å²) < 4.78 is 1.52. The summed E-state index contributed by atoms with van der Waals surface area (Å²) in [5.41, 5.74) is 7.35. The summed E-state index contributed by atoms with van der Waals surface area (Å²) in [5.74, 6) is 1.57. The maximum Gasteiger partial charge on any atom is 0.171 e. The average molecular weight is 283 g/mol. The van der Waals surface area contributed by atoms with Crippen LogP contribution in [0.3, 0.4) is 0 Å². The Morgan fingerprint density at radius 1 is 1.24 bits per heavy atom. The van der Waals surface area contributed by atoms with E-state index < -0.39 is 0 Å². The van der Waals surface area contributed by atoms with Crippen molar-refractivity contribution in [3.05, 3.63) is 23.7 Å². The van der Waals surface area contributed by atoms with Gasteiger partial charge in [0.1, 0.15) is 23.8 Å². The van der Waals surface area contributed by atoms with Crippen molar-refractivity contribution in [1.82, 2.24) is 19.7 Å². The molecule has 21 heavy (non-hydrogen) atoms. The topological polar surface area (TPSA) is 96.7 Å². The van der Waals surface area contributed by atoms with Crippen molar-refractivity contribution in [1.29, 1.82) is 5.26 Å². The third kappa shape index (κ3) is 2.40. The molecule has 0 amide bonds. The lowest BCUT2D eigenvalue weighted by Crippen LogP contribution is -2.30. The summed E-state index contributed by atoms with van der Waals surface area (Å²) in [7, 11) is 0. The molecule has 7 heteroatoms. The van der Waals surface area contributed by atoms with Crippen molar-refractivity contribution in [2.75, 3.05) is 23.7 Å². The van der Waals surface area contributed by atoms with Gasteiger partial charge in [0.05, 0.1) is 0 Å². The van der Waals surface area contributed by atoms with Crippen LogP contribution in [0.25, 0.3) is 5.82 Å². The predicted octanol–water partition coefficient (Wildman–Crippen LogP) is 1.41. The van der Waals surface area contributed by atoms with Crippen LogP contribution in [-0.2, 0) is 0 Å². The van der Waals surface area contributed by atoms with Gasteiger partial charge in [0.2, 0.25) is 0 Å². The third-order valence-corrected chi connectivity index (χ3v) is 3.68. The summed E-state index contributed by atoms with van der Waals surface area (Å²) in [6.07, 6.45) is 4.92. The molecule has 1 aliphatic rings. The molecule has 0 bridgehead atoms. The van der Waals surface area contributed by atoms with Crippen molar-refractivity contribution in [2.45, 2.75) is 26.2 Å². The first-order chi connectivity index (χ1) is 10.2. The molecule has 0 saturated carbocycles. The zero-order valence-electron chi connectivity index (χ0n) is 12.0. The van der Waals surface area contributed by atoms with Crippen LogP contribution in [0.2, 0.25) is 0 Å². The highest BCUT2D eigenvalue weighted by molar-refractivity contribution is 5.66. The number of hydrogen-bond acceptors (Lipinski definition) is 6. The zero-order chi connectivity index (χ0) is 14.8. The van der Waals surface area contributed by atoms with Crippen LogP contribution in [-0.4, -0.2) is 32.8 Å². The highest BCUT2D eigenvalue weighted by Gasteiger charge is 2.23. The summed E-state index contributed by atoms with van der Waals surface area (Å²) in [5, 5.41) is 13.9. The average Bonchev–Trinajstić information content (AvgIpc) is 2.85. The van der Waals surface area contributed by atoms with Gasteiger partial charge in [0.25, 0.3) is 0 Å². The summed E-state index contributed by atoms with van der Waals surface area (Å²) in [6.45, 7) is 3.70. The molecule has 2 aromatic rings. The van der Waals surface area contributed by atoms with Crippen molar-refractivity contribution >= 4 is 11.6 Å². The number of nitrogens with two attached hydrogens (primary N) is 1. The molecule has 1 fully saturated rings. The first-order valence-corrected chi connectivity index (χ1v) is 7.03. The van der Waals surface area contributed by atoms with Gasteiger partial charge in [0, 0.05) is 24.8 Å². The number of anilines is 2. The van der Waals surface area contributed by atoms with Gasteiger partial charge in [-0.2, -0.15) is 9.94 Å². The van der Waals surface area contributed by atoms with Gasteiger partial charge < -0.3 is 10.6 Å². The number of aryl methyl sites for hydroxylation is 1. The number of aromatic nitrogens is 4. The fourth-order valence-corrected chi connectivity index (χ4v) is 2.58. The number of nitriles is 1. The molecule has 3 rings (SSSR count). The Morgan fingerprint density at radius 3 is 2.67 bits per heavy atom. The molecule has 7 nitrogen and oxygen atoms in total. The Balaban J connectivity index is 2.07. The molecule has 0 unspecified atom stereocenters. The lowest BCUT2D eigenvalue weighted by atomic mass is 10.1. The van der Waals surface area contributed by atoms with Gasteiger partial charge in [-0.3, -0.25) is 0 Å². The van der Waals surface area contributed by atoms with Crippen LogP contribution in [0.1, 0.15) is 30.5 Å². The van der Waals surface area contributed by atoms with E-state index in [0.717, 1.165) is 31.6 Å². The number of hydrogen-bond donors (Lipinski definition) is 1. The van der Waals surface area contributed by atoms with E-state index >= 15 is 0 Å². The van der Waals surface area contributed by atoms with Crippen LogP contribution in [0.4, 0.5) is 11.6 Å². The van der Waals surface area contributed by atoms with Gasteiger partial charge in [-0.1, -0.05) is 0 Å². The van der Waals surface area contributed by atoms with Crippen LogP contribution >= 0.6 is 0 Å². The Labute approximate surface area is 123 Å². The Hall–Kier alpha value is -2.62. The lowest BCUT2D eigenvalue weighted by molar-refractivity contribution is 0.571. The fraction of sp³-hybridized carbons (Fsp3) is 0.429. The highest BCUT2D eigenvalue weighted by Crippen LogP contribution is 2.28. The van der Waals surface area contributed by atoms with Crippen molar-refractivity contribution in [2.24, 2.45) is 0 Å². The molecule has 0 aromatic carbocycles. The largest absolute Gasteiger partial charge is 0.382 e. The lowest BCUT2D eigenvalue weighted by Gasteiger charge is -2.26. The molecule has 0 radical (unpaired) electrons. The van der Waals surface area contributed by atoms with E-state index in [1.807, 2.05) is 6.92 Å². The van der Waals surface area contributed by atoms with E-state index in [1.165, 1.54) is 17.4 Å². The number of nitrogen functional groups attached to an aromatic ring is 1. The number of piperidine rings is 1. The summed E-state index contributed by atoms with van der Waals surface area (Å²) >= 11 is 0. The van der Waals surface area contributed by atoms with E-state index in [-0.39, 0.29) is 0 Å². The van der Waals surface area contributed by atoms with Crippen LogP contribution in [0.5, 0.6) is 0 Å². The van der Waals surface area contributed by atoms with Crippen molar-refractivity contribution < 1.29 is 0 Å². The molecule has 1 aliphatic heterocycles. The van der Waals surface area contributed by atoms with E-state index in [9.17, 15) is 5.26 Å². The summed E-state index contributed by atoms with van der Waals surface area (Å²) in [4.78, 5) is 10.4. The van der Waals surface area contributed by atoms with Crippen LogP contribution < -0.4 is 10.6 Å². The number of nitrogens with zero attached hydrogens (tertiary/aromatic N) is 6. The smallest absolute Gasteiger partial charge is 0.171 e. The van der Waals surface area contributed by atoms with Gasteiger partial charge >= 0.3 is 0 Å².